The minimum Gasteiger partial charge on any atom is -0.492 e. The molecule has 2 aliphatic rings. The van der Waals surface area contributed by atoms with Gasteiger partial charge in [0.05, 0.1) is 19.2 Å². The Morgan fingerprint density at radius 3 is 2.51 bits per heavy atom. The van der Waals surface area contributed by atoms with Gasteiger partial charge in [-0.2, -0.15) is 0 Å². The molecule has 2 aromatic rings. The van der Waals surface area contributed by atoms with Crippen LogP contribution in [0.25, 0.3) is 0 Å². The van der Waals surface area contributed by atoms with Crippen molar-refractivity contribution in [3.05, 3.63) is 65.2 Å². The number of aryl methyl sites for hydroxylation is 1. The predicted molar refractivity (Wildman–Crippen MR) is 133 cm³/mol. The molecule has 0 aliphatic carbocycles. The van der Waals surface area contributed by atoms with Gasteiger partial charge in [-0.25, -0.2) is 4.79 Å². The van der Waals surface area contributed by atoms with Gasteiger partial charge in [0, 0.05) is 31.1 Å². The zero-order valence-electron chi connectivity index (χ0n) is 20.4. The molecule has 2 bridgehead atoms. The van der Waals surface area contributed by atoms with Gasteiger partial charge in [0.2, 0.25) is 5.91 Å². The van der Waals surface area contributed by atoms with Crippen molar-refractivity contribution in [3.8, 4) is 5.75 Å². The lowest BCUT2D eigenvalue weighted by atomic mass is 9.95. The topological polar surface area (TPSA) is 76.2 Å². The largest absolute Gasteiger partial charge is 0.492 e. The van der Waals surface area contributed by atoms with E-state index in [-0.39, 0.29) is 17.9 Å². The molecule has 0 N–H and O–H groups in total. The standard InChI is InChI=1S/C28H34N2O5/c1-34-28(33)23-13-11-22(12-14-23)27(32)29-16-5-9-26(31)30-17-3-2-7-24(30)15-10-21-6-4-8-25(20-21)35-19-18-29/h4,6,8,11-14,20,24H,2-3,5,7,9-10,15-19H2,1H3. The summed E-state index contributed by atoms with van der Waals surface area (Å²) >= 11 is 0. The van der Waals surface area contributed by atoms with Gasteiger partial charge in [-0.3, -0.25) is 9.59 Å². The first kappa shape index (κ1) is 24.8. The Morgan fingerprint density at radius 2 is 1.71 bits per heavy atom. The number of methoxy groups -OCH3 is 1. The highest BCUT2D eigenvalue weighted by Crippen LogP contribution is 2.24. The summed E-state index contributed by atoms with van der Waals surface area (Å²) in [6.07, 6.45) is 6.16. The Morgan fingerprint density at radius 1 is 0.914 bits per heavy atom. The fourth-order valence-electron chi connectivity index (χ4n) is 4.96. The van der Waals surface area contributed by atoms with Gasteiger partial charge in [-0.05, 0) is 80.5 Å². The van der Waals surface area contributed by atoms with Crippen LogP contribution in [0.5, 0.6) is 5.75 Å². The van der Waals surface area contributed by atoms with E-state index >= 15 is 0 Å². The molecular formula is C28H34N2O5. The van der Waals surface area contributed by atoms with E-state index in [0.29, 0.717) is 43.7 Å². The number of carbonyl (C=O) groups excluding carboxylic acids is 3. The number of hydrogen-bond donors (Lipinski definition) is 0. The summed E-state index contributed by atoms with van der Waals surface area (Å²) < 4.78 is 10.7. The number of hydrogen-bond acceptors (Lipinski definition) is 5. The number of ether oxygens (including phenoxy) is 2. The number of rotatable bonds is 2. The number of esters is 1. The van der Waals surface area contributed by atoms with Crippen LogP contribution in [0.15, 0.2) is 48.5 Å². The van der Waals surface area contributed by atoms with Gasteiger partial charge in [-0.1, -0.05) is 12.1 Å². The minimum atomic E-state index is -0.441. The molecule has 7 nitrogen and oxygen atoms in total. The van der Waals surface area contributed by atoms with Crippen molar-refractivity contribution in [1.82, 2.24) is 9.80 Å². The molecule has 0 spiro atoms. The van der Waals surface area contributed by atoms with E-state index < -0.39 is 5.97 Å². The number of benzene rings is 2. The third kappa shape index (κ3) is 6.41. The molecule has 1 fully saturated rings. The zero-order valence-corrected chi connectivity index (χ0v) is 20.4. The molecule has 1 saturated heterocycles. The smallest absolute Gasteiger partial charge is 0.337 e. The van der Waals surface area contributed by atoms with E-state index in [1.54, 1.807) is 29.2 Å². The summed E-state index contributed by atoms with van der Waals surface area (Å²) in [5.41, 5.74) is 2.08. The maximum atomic E-state index is 13.3. The molecule has 0 aromatic heterocycles. The summed E-state index contributed by atoms with van der Waals surface area (Å²) in [5, 5.41) is 0. The Balaban J connectivity index is 1.51. The first-order valence-electron chi connectivity index (χ1n) is 12.5. The second kappa shape index (κ2) is 11.9. The minimum absolute atomic E-state index is 0.147. The van der Waals surface area contributed by atoms with Crippen molar-refractivity contribution < 1.29 is 23.9 Å². The van der Waals surface area contributed by atoms with Crippen LogP contribution in [0.3, 0.4) is 0 Å². The van der Waals surface area contributed by atoms with E-state index in [1.165, 1.54) is 12.7 Å². The summed E-state index contributed by atoms with van der Waals surface area (Å²) in [5.74, 6) is 0.392. The van der Waals surface area contributed by atoms with E-state index in [9.17, 15) is 14.4 Å². The summed E-state index contributed by atoms with van der Waals surface area (Å²) in [6, 6.07) is 14.8. The van der Waals surface area contributed by atoms with Crippen molar-refractivity contribution in [2.45, 2.75) is 51.0 Å². The SMILES string of the molecule is COC(=O)c1ccc(C(=O)N2CCCC(=O)N3CCCCC3CCc3cccc(c3)OCC2)cc1. The number of fused-ring (bicyclic) bond motifs is 3. The highest BCUT2D eigenvalue weighted by molar-refractivity contribution is 5.96. The molecule has 2 aliphatic heterocycles. The number of amides is 2. The summed E-state index contributed by atoms with van der Waals surface area (Å²) in [4.78, 5) is 41.9. The molecule has 7 heteroatoms. The lowest BCUT2D eigenvalue weighted by molar-refractivity contribution is -0.135. The third-order valence-electron chi connectivity index (χ3n) is 6.90. The lowest BCUT2D eigenvalue weighted by Gasteiger charge is -2.36. The van der Waals surface area contributed by atoms with Gasteiger partial charge in [-0.15, -0.1) is 0 Å². The second-order valence-electron chi connectivity index (χ2n) is 9.24. The quantitative estimate of drug-likeness (QED) is 0.608. The maximum absolute atomic E-state index is 13.3. The number of carbonyl (C=O) groups is 3. The van der Waals surface area contributed by atoms with Crippen LogP contribution >= 0.6 is 0 Å². The van der Waals surface area contributed by atoms with Crippen molar-refractivity contribution in [3.63, 3.8) is 0 Å². The zero-order chi connectivity index (χ0) is 24.6. The molecule has 2 aromatic carbocycles. The van der Waals surface area contributed by atoms with Crippen LogP contribution in [0, 0.1) is 0 Å². The average molecular weight is 479 g/mol. The molecule has 2 heterocycles. The normalized spacial score (nSPS) is 19.6. The van der Waals surface area contributed by atoms with Crippen LogP contribution in [0.4, 0.5) is 0 Å². The van der Waals surface area contributed by atoms with E-state index in [0.717, 1.165) is 44.4 Å². The molecule has 1 unspecified atom stereocenters. The van der Waals surface area contributed by atoms with E-state index in [2.05, 4.69) is 17.0 Å². The van der Waals surface area contributed by atoms with Crippen LogP contribution in [0.1, 0.15) is 64.8 Å². The third-order valence-corrected chi connectivity index (χ3v) is 6.90. The van der Waals surface area contributed by atoms with Crippen molar-refractivity contribution in [2.75, 3.05) is 33.4 Å². The van der Waals surface area contributed by atoms with Gasteiger partial charge >= 0.3 is 5.97 Å². The highest BCUT2D eigenvalue weighted by atomic mass is 16.5. The molecule has 35 heavy (non-hydrogen) atoms. The van der Waals surface area contributed by atoms with Gasteiger partial charge < -0.3 is 19.3 Å². The average Bonchev–Trinajstić information content (AvgIpc) is 2.90. The molecule has 4 rings (SSSR count). The van der Waals surface area contributed by atoms with E-state index in [1.807, 2.05) is 12.1 Å². The van der Waals surface area contributed by atoms with Crippen LogP contribution in [-0.4, -0.2) is 67.0 Å². The van der Waals surface area contributed by atoms with Crippen LogP contribution in [-0.2, 0) is 16.0 Å². The monoisotopic (exact) mass is 478 g/mol. The van der Waals surface area contributed by atoms with Crippen LogP contribution in [0.2, 0.25) is 0 Å². The fourth-order valence-corrected chi connectivity index (χ4v) is 4.96. The number of nitrogens with zero attached hydrogens (tertiary/aromatic N) is 2. The molecule has 2 amide bonds. The molecular weight excluding hydrogens is 444 g/mol. The van der Waals surface area contributed by atoms with Crippen molar-refractivity contribution >= 4 is 17.8 Å². The first-order valence-corrected chi connectivity index (χ1v) is 12.5. The Hall–Kier alpha value is -3.35. The molecule has 186 valence electrons. The maximum Gasteiger partial charge on any atom is 0.337 e. The molecule has 1 atom stereocenters. The summed E-state index contributed by atoms with van der Waals surface area (Å²) in [6.45, 7) is 2.05. The number of piperidine rings is 1. The Bertz CT molecular complexity index is 1040. The van der Waals surface area contributed by atoms with Gasteiger partial charge in [0.15, 0.2) is 0 Å². The van der Waals surface area contributed by atoms with Gasteiger partial charge in [0.1, 0.15) is 12.4 Å². The first-order chi connectivity index (χ1) is 17.0. The van der Waals surface area contributed by atoms with Gasteiger partial charge in [0.25, 0.3) is 5.91 Å². The second-order valence-corrected chi connectivity index (χ2v) is 9.24. The van der Waals surface area contributed by atoms with Crippen molar-refractivity contribution in [1.29, 1.82) is 0 Å². The molecule has 0 saturated carbocycles. The summed E-state index contributed by atoms with van der Waals surface area (Å²) in [7, 11) is 1.33. The lowest BCUT2D eigenvalue weighted by Crippen LogP contribution is -2.44. The molecule has 0 radical (unpaired) electrons. The fraction of sp³-hybridized carbons (Fsp3) is 0.464. The highest BCUT2D eigenvalue weighted by Gasteiger charge is 2.26. The Labute approximate surface area is 207 Å². The van der Waals surface area contributed by atoms with Crippen molar-refractivity contribution in [2.24, 2.45) is 0 Å². The van der Waals surface area contributed by atoms with E-state index in [4.69, 9.17) is 9.47 Å². The van der Waals surface area contributed by atoms with Crippen LogP contribution < -0.4 is 4.74 Å². The predicted octanol–water partition coefficient (Wildman–Crippen LogP) is 4.10. The Kier molecular flexibility index (Phi) is 8.40.